The van der Waals surface area contributed by atoms with Gasteiger partial charge in [0.15, 0.2) is 0 Å². The third kappa shape index (κ3) is 7.64. The molecule has 0 aliphatic heterocycles. The number of urea groups is 1. The summed E-state index contributed by atoms with van der Waals surface area (Å²) >= 11 is 6.06. The van der Waals surface area contributed by atoms with Crippen LogP contribution in [0.25, 0.3) is 5.69 Å². The number of aromatic nitrogens is 2. The zero-order valence-corrected chi connectivity index (χ0v) is 23.6. The van der Waals surface area contributed by atoms with Gasteiger partial charge in [-0.25, -0.2) is 9.48 Å². The highest BCUT2D eigenvalue weighted by Crippen LogP contribution is 2.28. The number of nitrogens with zero attached hydrogens (tertiary/aromatic N) is 3. The molecule has 38 heavy (non-hydrogen) atoms. The Morgan fingerprint density at radius 2 is 1.63 bits per heavy atom. The van der Waals surface area contributed by atoms with Crippen LogP contribution in [0.15, 0.2) is 48.5 Å². The van der Waals surface area contributed by atoms with E-state index in [1.54, 1.807) is 35.0 Å². The molecule has 2 aromatic carbocycles. The lowest BCUT2D eigenvalue weighted by molar-refractivity contribution is -0.116. The zero-order valence-electron chi connectivity index (χ0n) is 22.8. The molecule has 0 aliphatic rings. The average Bonchev–Trinajstić information content (AvgIpc) is 3.30. The van der Waals surface area contributed by atoms with Crippen molar-refractivity contribution in [2.45, 2.75) is 46.0 Å². The summed E-state index contributed by atoms with van der Waals surface area (Å²) in [6.07, 6.45) is 1.62. The number of rotatable bonds is 10. The molecule has 3 rings (SSSR count). The lowest BCUT2D eigenvalue weighted by atomic mass is 9.92. The molecule has 1 aromatic heterocycles. The molecule has 0 spiro atoms. The van der Waals surface area contributed by atoms with Crippen LogP contribution in [0.5, 0.6) is 11.5 Å². The van der Waals surface area contributed by atoms with E-state index in [2.05, 4.69) is 31.4 Å². The summed E-state index contributed by atoms with van der Waals surface area (Å²) in [6.45, 7) is 8.47. The second kappa shape index (κ2) is 12.7. The van der Waals surface area contributed by atoms with Gasteiger partial charge in [0.05, 0.1) is 25.6 Å². The Balaban J connectivity index is 1.81. The second-order valence-corrected chi connectivity index (χ2v) is 10.3. The van der Waals surface area contributed by atoms with Crippen molar-refractivity contribution in [2.24, 2.45) is 0 Å². The number of amides is 3. The third-order valence-electron chi connectivity index (χ3n) is 5.82. The maximum absolute atomic E-state index is 13.2. The Bertz CT molecular complexity index is 1230. The van der Waals surface area contributed by atoms with Crippen molar-refractivity contribution < 1.29 is 19.1 Å². The first-order valence-electron chi connectivity index (χ1n) is 12.5. The van der Waals surface area contributed by atoms with Crippen LogP contribution in [0.4, 0.5) is 16.3 Å². The van der Waals surface area contributed by atoms with Crippen LogP contribution in [0.1, 0.15) is 46.2 Å². The Labute approximate surface area is 229 Å². The SMILES string of the molecule is CCCCN(CC(=O)Nc1cc(C(C)(C)C)nn1-c1ccc(Cl)cc1)C(=O)Nc1cc(OC)cc(OC)c1. The number of hydrogen-bond acceptors (Lipinski definition) is 5. The van der Waals surface area contributed by atoms with E-state index >= 15 is 0 Å². The summed E-state index contributed by atoms with van der Waals surface area (Å²) < 4.78 is 12.3. The number of halogens is 1. The minimum Gasteiger partial charge on any atom is -0.497 e. The van der Waals surface area contributed by atoms with Crippen molar-refractivity contribution in [3.8, 4) is 17.2 Å². The van der Waals surface area contributed by atoms with E-state index in [0.29, 0.717) is 34.6 Å². The highest BCUT2D eigenvalue weighted by atomic mass is 35.5. The third-order valence-corrected chi connectivity index (χ3v) is 6.07. The highest BCUT2D eigenvalue weighted by Gasteiger charge is 2.23. The summed E-state index contributed by atoms with van der Waals surface area (Å²) in [6, 6.07) is 13.8. The van der Waals surface area contributed by atoms with Gasteiger partial charge in [0, 0.05) is 46.9 Å². The molecular weight excluding hydrogens is 506 g/mol. The summed E-state index contributed by atoms with van der Waals surface area (Å²) in [5, 5.41) is 11.1. The van der Waals surface area contributed by atoms with Crippen molar-refractivity contribution in [1.29, 1.82) is 0 Å². The van der Waals surface area contributed by atoms with Gasteiger partial charge in [0.25, 0.3) is 0 Å². The lowest BCUT2D eigenvalue weighted by Crippen LogP contribution is -2.41. The van der Waals surface area contributed by atoms with E-state index in [0.717, 1.165) is 24.2 Å². The van der Waals surface area contributed by atoms with Gasteiger partial charge < -0.3 is 25.0 Å². The first kappa shape index (κ1) is 28.8. The van der Waals surface area contributed by atoms with Gasteiger partial charge in [-0.05, 0) is 30.7 Å². The highest BCUT2D eigenvalue weighted by molar-refractivity contribution is 6.30. The first-order chi connectivity index (χ1) is 18.0. The van der Waals surface area contributed by atoms with Gasteiger partial charge in [-0.15, -0.1) is 0 Å². The molecule has 0 saturated heterocycles. The molecule has 204 valence electrons. The Kier molecular flexibility index (Phi) is 9.63. The number of carbonyl (C=O) groups excluding carboxylic acids is 2. The van der Waals surface area contributed by atoms with Crippen molar-refractivity contribution in [3.05, 3.63) is 59.2 Å². The van der Waals surface area contributed by atoms with E-state index in [9.17, 15) is 9.59 Å². The van der Waals surface area contributed by atoms with Crippen LogP contribution >= 0.6 is 11.6 Å². The van der Waals surface area contributed by atoms with Crippen molar-refractivity contribution in [3.63, 3.8) is 0 Å². The topological polar surface area (TPSA) is 97.7 Å². The molecule has 0 atom stereocenters. The molecule has 0 radical (unpaired) electrons. The first-order valence-corrected chi connectivity index (χ1v) is 12.9. The quantitative estimate of drug-likeness (QED) is 0.322. The fourth-order valence-corrected chi connectivity index (χ4v) is 3.78. The number of carbonyl (C=O) groups is 2. The number of anilines is 2. The molecule has 0 aliphatic carbocycles. The number of nitrogens with one attached hydrogen (secondary N) is 2. The molecular formula is C28H36ClN5O4. The van der Waals surface area contributed by atoms with Gasteiger partial charge in [0.2, 0.25) is 5.91 Å². The molecule has 0 fully saturated rings. The van der Waals surface area contributed by atoms with Crippen LogP contribution in [-0.2, 0) is 10.2 Å². The zero-order chi connectivity index (χ0) is 27.9. The van der Waals surface area contributed by atoms with Crippen molar-refractivity contribution >= 4 is 35.0 Å². The number of ether oxygens (including phenoxy) is 2. The molecule has 2 N–H and O–H groups in total. The molecule has 1 heterocycles. The van der Waals surface area contributed by atoms with E-state index < -0.39 is 6.03 Å². The molecule has 0 saturated carbocycles. The predicted molar refractivity (Wildman–Crippen MR) is 151 cm³/mol. The van der Waals surface area contributed by atoms with Gasteiger partial charge in [0.1, 0.15) is 23.9 Å². The van der Waals surface area contributed by atoms with E-state index in [4.69, 9.17) is 26.2 Å². The monoisotopic (exact) mass is 541 g/mol. The Hall–Kier alpha value is -3.72. The Morgan fingerprint density at radius 3 is 2.18 bits per heavy atom. The fraction of sp³-hybridized carbons (Fsp3) is 0.393. The average molecular weight is 542 g/mol. The van der Waals surface area contributed by atoms with Crippen LogP contribution < -0.4 is 20.1 Å². The predicted octanol–water partition coefficient (Wildman–Crippen LogP) is 6.11. The van der Waals surface area contributed by atoms with E-state index in [1.165, 1.54) is 19.1 Å². The number of unbranched alkanes of at least 4 members (excludes halogenated alkanes) is 1. The largest absolute Gasteiger partial charge is 0.497 e. The number of benzene rings is 2. The van der Waals surface area contributed by atoms with Crippen molar-refractivity contribution in [2.75, 3.05) is 37.9 Å². The fourth-order valence-electron chi connectivity index (χ4n) is 3.66. The van der Waals surface area contributed by atoms with Crippen LogP contribution in [0.3, 0.4) is 0 Å². The summed E-state index contributed by atoms with van der Waals surface area (Å²) in [5.74, 6) is 1.26. The molecule has 9 nitrogen and oxygen atoms in total. The second-order valence-electron chi connectivity index (χ2n) is 9.91. The Morgan fingerprint density at radius 1 is 1.00 bits per heavy atom. The normalized spacial score (nSPS) is 11.1. The minimum absolute atomic E-state index is 0.135. The molecule has 10 heteroatoms. The maximum Gasteiger partial charge on any atom is 0.322 e. The van der Waals surface area contributed by atoms with Gasteiger partial charge in [-0.3, -0.25) is 4.79 Å². The summed E-state index contributed by atoms with van der Waals surface area (Å²) in [7, 11) is 3.08. The van der Waals surface area contributed by atoms with Crippen LogP contribution in [0, 0.1) is 0 Å². The van der Waals surface area contributed by atoms with E-state index in [-0.39, 0.29) is 17.9 Å². The molecule has 0 unspecified atom stereocenters. The standard InChI is InChI=1S/C28H36ClN5O4/c1-7-8-13-33(27(36)30-20-14-22(37-5)16-23(15-20)38-6)18-26(35)31-25-17-24(28(2,3)4)32-34(25)21-11-9-19(29)10-12-21/h9-12,14-17H,7-8,13,18H2,1-6H3,(H,30,36)(H,31,35). The van der Waals surface area contributed by atoms with Crippen LogP contribution in [0.2, 0.25) is 5.02 Å². The molecule has 3 amide bonds. The van der Waals surface area contributed by atoms with Crippen LogP contribution in [-0.4, -0.2) is 53.9 Å². The summed E-state index contributed by atoms with van der Waals surface area (Å²) in [4.78, 5) is 27.9. The van der Waals surface area contributed by atoms with Crippen molar-refractivity contribution in [1.82, 2.24) is 14.7 Å². The smallest absolute Gasteiger partial charge is 0.322 e. The van der Waals surface area contributed by atoms with Gasteiger partial charge in [-0.1, -0.05) is 45.7 Å². The molecule has 3 aromatic rings. The number of methoxy groups -OCH3 is 2. The number of hydrogen-bond donors (Lipinski definition) is 2. The molecule has 0 bridgehead atoms. The van der Waals surface area contributed by atoms with Gasteiger partial charge in [-0.2, -0.15) is 5.10 Å². The lowest BCUT2D eigenvalue weighted by Gasteiger charge is -2.23. The summed E-state index contributed by atoms with van der Waals surface area (Å²) in [5.41, 5.74) is 1.84. The van der Waals surface area contributed by atoms with Gasteiger partial charge >= 0.3 is 6.03 Å². The maximum atomic E-state index is 13.2. The van der Waals surface area contributed by atoms with E-state index in [1.807, 2.05) is 25.1 Å². The minimum atomic E-state index is -0.398.